The van der Waals surface area contributed by atoms with Crippen LogP contribution in [-0.2, 0) is 7.05 Å². The smallest absolute Gasteiger partial charge is 0.171 e. The Morgan fingerprint density at radius 2 is 2.27 bits per heavy atom. The lowest BCUT2D eigenvalue weighted by molar-refractivity contribution is 0.284. The summed E-state index contributed by atoms with van der Waals surface area (Å²) in [6, 6.07) is 0.563. The number of hydrogen-bond donors (Lipinski definition) is 2. The van der Waals surface area contributed by atoms with E-state index in [9.17, 15) is 0 Å². The molecule has 0 bridgehead atoms. The van der Waals surface area contributed by atoms with Crippen LogP contribution < -0.4 is 11.1 Å². The summed E-state index contributed by atoms with van der Waals surface area (Å²) >= 11 is 0. The summed E-state index contributed by atoms with van der Waals surface area (Å²) in [6.45, 7) is 6.19. The molecule has 0 aliphatic carbocycles. The summed E-state index contributed by atoms with van der Waals surface area (Å²) < 4.78 is 1.71. The van der Waals surface area contributed by atoms with Crippen LogP contribution in [0.2, 0.25) is 0 Å². The highest BCUT2D eigenvalue weighted by molar-refractivity contribution is 5.59. The third-order valence-corrected chi connectivity index (χ3v) is 2.50. The number of likely N-dealkylation sites (N-methyl/N-ethyl adjacent to an activating group) is 1. The Bertz CT molecular complexity index is 305. The van der Waals surface area contributed by atoms with Gasteiger partial charge in [0.15, 0.2) is 5.82 Å². The van der Waals surface area contributed by atoms with Gasteiger partial charge in [-0.15, -0.1) is 0 Å². The summed E-state index contributed by atoms with van der Waals surface area (Å²) in [7, 11) is 3.97. The fourth-order valence-electron chi connectivity index (χ4n) is 1.25. The van der Waals surface area contributed by atoms with Crippen LogP contribution in [0.1, 0.15) is 13.8 Å². The van der Waals surface area contributed by atoms with Crippen molar-refractivity contribution in [3.63, 3.8) is 0 Å². The first-order valence-corrected chi connectivity index (χ1v) is 5.24. The fourth-order valence-corrected chi connectivity index (χ4v) is 1.25. The molecule has 1 heterocycles. The minimum atomic E-state index is 0.563. The summed E-state index contributed by atoms with van der Waals surface area (Å²) in [4.78, 5) is 2.27. The topological polar surface area (TPSA) is 59.1 Å². The largest absolute Gasteiger partial charge is 0.394 e. The molecule has 0 radical (unpaired) electrons. The number of nitrogen functional groups attached to an aromatic ring is 1. The molecule has 1 aromatic heterocycles. The first kappa shape index (κ1) is 11.8. The zero-order valence-electron chi connectivity index (χ0n) is 9.99. The van der Waals surface area contributed by atoms with E-state index >= 15 is 0 Å². The minimum Gasteiger partial charge on any atom is -0.394 e. The molecule has 0 saturated carbocycles. The van der Waals surface area contributed by atoms with Crippen molar-refractivity contribution in [2.24, 2.45) is 7.05 Å². The second-order valence-electron chi connectivity index (χ2n) is 4.11. The molecular formula is C10H21N5. The van der Waals surface area contributed by atoms with Crippen molar-refractivity contribution in [1.82, 2.24) is 14.7 Å². The second-order valence-corrected chi connectivity index (χ2v) is 4.11. The van der Waals surface area contributed by atoms with E-state index in [0.717, 1.165) is 18.9 Å². The van der Waals surface area contributed by atoms with Gasteiger partial charge >= 0.3 is 0 Å². The van der Waals surface area contributed by atoms with Crippen molar-refractivity contribution < 1.29 is 0 Å². The third kappa shape index (κ3) is 3.43. The van der Waals surface area contributed by atoms with Crippen LogP contribution in [0.4, 0.5) is 11.5 Å². The molecule has 0 atom stereocenters. The molecule has 0 fully saturated rings. The Morgan fingerprint density at radius 3 is 2.73 bits per heavy atom. The molecule has 0 unspecified atom stereocenters. The van der Waals surface area contributed by atoms with Gasteiger partial charge in [-0.05, 0) is 20.9 Å². The van der Waals surface area contributed by atoms with Crippen LogP contribution in [0.25, 0.3) is 0 Å². The van der Waals surface area contributed by atoms with E-state index in [1.54, 1.807) is 10.9 Å². The van der Waals surface area contributed by atoms with Crippen molar-refractivity contribution in [1.29, 1.82) is 0 Å². The average molecular weight is 211 g/mol. The van der Waals surface area contributed by atoms with Crippen LogP contribution in [0.15, 0.2) is 6.20 Å². The molecular weight excluding hydrogens is 190 g/mol. The highest BCUT2D eigenvalue weighted by Gasteiger charge is 2.05. The van der Waals surface area contributed by atoms with Crippen LogP contribution >= 0.6 is 0 Å². The number of nitrogens with two attached hydrogens (primary N) is 1. The first-order valence-electron chi connectivity index (χ1n) is 5.24. The second kappa shape index (κ2) is 5.02. The van der Waals surface area contributed by atoms with Crippen molar-refractivity contribution >= 4 is 11.5 Å². The van der Waals surface area contributed by atoms with Gasteiger partial charge in [0.1, 0.15) is 0 Å². The molecule has 1 rings (SSSR count). The van der Waals surface area contributed by atoms with Crippen LogP contribution in [0.5, 0.6) is 0 Å². The lowest BCUT2D eigenvalue weighted by Crippen LogP contribution is -2.31. The number of hydrogen-bond acceptors (Lipinski definition) is 4. The molecule has 5 heteroatoms. The van der Waals surface area contributed by atoms with Gasteiger partial charge < -0.3 is 16.0 Å². The van der Waals surface area contributed by atoms with Crippen LogP contribution in [-0.4, -0.2) is 40.9 Å². The number of nitrogens with one attached hydrogen (secondary N) is 1. The van der Waals surface area contributed by atoms with Crippen molar-refractivity contribution in [3.8, 4) is 0 Å². The molecule has 0 saturated heterocycles. The van der Waals surface area contributed by atoms with Crippen molar-refractivity contribution in [2.45, 2.75) is 19.9 Å². The van der Waals surface area contributed by atoms with Gasteiger partial charge in [-0.1, -0.05) is 0 Å². The number of rotatable bonds is 5. The van der Waals surface area contributed by atoms with Gasteiger partial charge in [0.25, 0.3) is 0 Å². The van der Waals surface area contributed by atoms with Gasteiger partial charge in [-0.3, -0.25) is 4.68 Å². The van der Waals surface area contributed by atoms with Gasteiger partial charge in [0.05, 0.1) is 5.69 Å². The maximum atomic E-state index is 5.76. The Labute approximate surface area is 91.2 Å². The van der Waals surface area contributed by atoms with E-state index in [1.807, 2.05) is 7.05 Å². The standard InChI is InChI=1S/C10H21N5/c1-8(2)14(3)6-5-12-10-9(11)7-15(4)13-10/h7-8H,5-6,11H2,1-4H3,(H,12,13). The Morgan fingerprint density at radius 1 is 1.60 bits per heavy atom. The fraction of sp³-hybridized carbons (Fsp3) is 0.700. The normalized spacial score (nSPS) is 11.3. The molecule has 86 valence electrons. The SMILES string of the molecule is CC(C)N(C)CCNc1nn(C)cc1N. The summed E-state index contributed by atoms with van der Waals surface area (Å²) in [5, 5.41) is 7.43. The quantitative estimate of drug-likeness (QED) is 0.754. The van der Waals surface area contributed by atoms with Gasteiger partial charge in [-0.2, -0.15) is 5.10 Å². The van der Waals surface area contributed by atoms with E-state index in [2.05, 4.69) is 36.2 Å². The molecule has 0 aliphatic rings. The van der Waals surface area contributed by atoms with Crippen LogP contribution in [0, 0.1) is 0 Å². The summed E-state index contributed by atoms with van der Waals surface area (Å²) in [5.74, 6) is 0.773. The molecule has 15 heavy (non-hydrogen) atoms. The minimum absolute atomic E-state index is 0.563. The van der Waals surface area contributed by atoms with Crippen molar-refractivity contribution in [2.75, 3.05) is 31.2 Å². The van der Waals surface area contributed by atoms with Gasteiger partial charge in [0.2, 0.25) is 0 Å². The summed E-state index contributed by atoms with van der Waals surface area (Å²) in [5.41, 5.74) is 6.46. The van der Waals surface area contributed by atoms with E-state index in [0.29, 0.717) is 11.7 Å². The average Bonchev–Trinajstić information content (AvgIpc) is 2.45. The molecule has 0 amide bonds. The van der Waals surface area contributed by atoms with Crippen molar-refractivity contribution in [3.05, 3.63) is 6.20 Å². The molecule has 0 aliphatic heterocycles. The highest BCUT2D eigenvalue weighted by Crippen LogP contribution is 2.13. The maximum Gasteiger partial charge on any atom is 0.171 e. The van der Waals surface area contributed by atoms with E-state index in [1.165, 1.54) is 0 Å². The molecule has 1 aromatic rings. The highest BCUT2D eigenvalue weighted by atomic mass is 15.3. The Hall–Kier alpha value is -1.23. The summed E-state index contributed by atoms with van der Waals surface area (Å²) in [6.07, 6.45) is 1.80. The Kier molecular flexibility index (Phi) is 3.96. The van der Waals surface area contributed by atoms with E-state index in [-0.39, 0.29) is 0 Å². The zero-order chi connectivity index (χ0) is 11.4. The molecule has 3 N–H and O–H groups in total. The number of aryl methyl sites for hydroxylation is 1. The van der Waals surface area contributed by atoms with Crippen LogP contribution in [0.3, 0.4) is 0 Å². The number of aromatic nitrogens is 2. The predicted molar refractivity (Wildman–Crippen MR) is 63.9 cm³/mol. The maximum absolute atomic E-state index is 5.76. The predicted octanol–water partition coefficient (Wildman–Crippen LogP) is 0.754. The first-order chi connectivity index (χ1) is 7.00. The van der Waals surface area contributed by atoms with Gasteiger partial charge in [-0.25, -0.2) is 0 Å². The van der Waals surface area contributed by atoms with E-state index in [4.69, 9.17) is 5.73 Å². The zero-order valence-corrected chi connectivity index (χ0v) is 9.99. The lowest BCUT2D eigenvalue weighted by atomic mass is 10.3. The molecule has 0 spiro atoms. The monoisotopic (exact) mass is 211 g/mol. The van der Waals surface area contributed by atoms with E-state index < -0.39 is 0 Å². The Balaban J connectivity index is 2.35. The number of anilines is 2. The number of nitrogens with zero attached hydrogens (tertiary/aromatic N) is 3. The lowest BCUT2D eigenvalue weighted by Gasteiger charge is -2.20. The van der Waals surface area contributed by atoms with Gasteiger partial charge in [0, 0.05) is 32.4 Å². The molecule has 5 nitrogen and oxygen atoms in total. The molecule has 0 aromatic carbocycles. The third-order valence-electron chi connectivity index (χ3n) is 2.50.